The van der Waals surface area contributed by atoms with E-state index in [1.807, 2.05) is 0 Å². The van der Waals surface area contributed by atoms with E-state index in [2.05, 4.69) is 10.3 Å². The van der Waals surface area contributed by atoms with E-state index in [9.17, 15) is 18.5 Å². The highest BCUT2D eigenvalue weighted by Crippen LogP contribution is 2.18. The van der Waals surface area contributed by atoms with Gasteiger partial charge in [0.2, 0.25) is 10.0 Å². The molecule has 1 fully saturated rings. The Kier molecular flexibility index (Phi) is 4.86. The molecule has 1 aliphatic heterocycles. The quantitative estimate of drug-likeness (QED) is 0.613. The largest absolute Gasteiger partial charge is 0.363 e. The molecule has 2 rings (SSSR count). The van der Waals surface area contributed by atoms with Crippen LogP contribution in [-0.2, 0) is 10.0 Å². The summed E-state index contributed by atoms with van der Waals surface area (Å²) in [6.07, 6.45) is 3.03. The molecular weight excluding hydrogens is 296 g/mol. The number of rotatable bonds is 6. The average Bonchev–Trinajstić information content (AvgIpc) is 2.97. The Labute approximate surface area is 123 Å². The zero-order chi connectivity index (χ0) is 15.5. The topological polar surface area (TPSA) is 105 Å². The molecule has 0 aliphatic carbocycles. The lowest BCUT2D eigenvalue weighted by molar-refractivity contribution is -0.389. The first-order valence-electron chi connectivity index (χ1n) is 6.79. The Morgan fingerprint density at radius 2 is 2.29 bits per heavy atom. The van der Waals surface area contributed by atoms with Crippen molar-refractivity contribution in [1.82, 2.24) is 14.6 Å². The van der Waals surface area contributed by atoms with E-state index < -0.39 is 14.9 Å². The second kappa shape index (κ2) is 6.46. The van der Waals surface area contributed by atoms with Crippen LogP contribution in [0.15, 0.2) is 23.2 Å². The molecule has 1 aromatic rings. The standard InChI is InChI=1S/C12H18N4O4S/c1-2-15(9-10-4-3-7-13-10)21(19,20)11-5-6-12(14-8-11)16(17)18/h5-6,8,10,13H,2-4,7,9H2,1H3. The van der Waals surface area contributed by atoms with Crippen LogP contribution in [0.3, 0.4) is 0 Å². The third-order valence-corrected chi connectivity index (χ3v) is 5.41. The maximum absolute atomic E-state index is 12.5. The molecular formula is C12H18N4O4S. The highest BCUT2D eigenvalue weighted by molar-refractivity contribution is 7.89. The molecule has 1 atom stereocenters. The van der Waals surface area contributed by atoms with Gasteiger partial charge in [0.1, 0.15) is 4.90 Å². The number of aromatic nitrogens is 1. The molecule has 9 heteroatoms. The summed E-state index contributed by atoms with van der Waals surface area (Å²) in [4.78, 5) is 13.5. The summed E-state index contributed by atoms with van der Waals surface area (Å²) in [6, 6.07) is 2.49. The minimum atomic E-state index is -3.67. The number of hydrogen-bond acceptors (Lipinski definition) is 6. The molecule has 1 unspecified atom stereocenters. The first-order chi connectivity index (χ1) is 9.95. The molecule has 0 aromatic carbocycles. The number of hydrogen-bond donors (Lipinski definition) is 1. The fourth-order valence-corrected chi connectivity index (χ4v) is 3.78. The summed E-state index contributed by atoms with van der Waals surface area (Å²) in [5.41, 5.74) is 0. The normalized spacial score (nSPS) is 19.0. The molecule has 0 amide bonds. The van der Waals surface area contributed by atoms with Gasteiger partial charge < -0.3 is 15.4 Å². The zero-order valence-electron chi connectivity index (χ0n) is 11.7. The molecule has 21 heavy (non-hydrogen) atoms. The van der Waals surface area contributed by atoms with Crippen LogP contribution in [0.5, 0.6) is 0 Å². The van der Waals surface area contributed by atoms with Crippen LogP contribution >= 0.6 is 0 Å². The smallest absolute Gasteiger partial charge is 0.358 e. The second-order valence-corrected chi connectivity index (χ2v) is 6.80. The Morgan fingerprint density at radius 3 is 2.76 bits per heavy atom. The number of nitrogens with zero attached hydrogens (tertiary/aromatic N) is 3. The van der Waals surface area contributed by atoms with Gasteiger partial charge in [0, 0.05) is 25.2 Å². The lowest BCUT2D eigenvalue weighted by atomic mass is 10.2. The summed E-state index contributed by atoms with van der Waals surface area (Å²) in [5, 5.41) is 13.8. The van der Waals surface area contributed by atoms with Crippen LogP contribution in [0.4, 0.5) is 5.82 Å². The Balaban J connectivity index is 2.19. The monoisotopic (exact) mass is 314 g/mol. The third kappa shape index (κ3) is 3.55. The lowest BCUT2D eigenvalue weighted by Gasteiger charge is -2.23. The number of sulfonamides is 1. The van der Waals surface area contributed by atoms with E-state index in [0.29, 0.717) is 13.1 Å². The zero-order valence-corrected chi connectivity index (χ0v) is 12.5. The minimum Gasteiger partial charge on any atom is -0.358 e. The second-order valence-electron chi connectivity index (χ2n) is 4.86. The molecule has 116 valence electrons. The molecule has 1 aliphatic rings. The summed E-state index contributed by atoms with van der Waals surface area (Å²) < 4.78 is 26.4. The van der Waals surface area contributed by atoms with Gasteiger partial charge in [-0.05, 0) is 35.4 Å². The molecule has 2 heterocycles. The molecule has 8 nitrogen and oxygen atoms in total. The Hall–Kier alpha value is -1.58. The third-order valence-electron chi connectivity index (χ3n) is 3.48. The van der Waals surface area contributed by atoms with Crippen LogP contribution in [0.25, 0.3) is 0 Å². The molecule has 1 saturated heterocycles. The highest BCUT2D eigenvalue weighted by atomic mass is 32.2. The molecule has 0 spiro atoms. The highest BCUT2D eigenvalue weighted by Gasteiger charge is 2.28. The van der Waals surface area contributed by atoms with Crippen molar-refractivity contribution < 1.29 is 13.3 Å². The van der Waals surface area contributed by atoms with E-state index in [1.54, 1.807) is 6.92 Å². The van der Waals surface area contributed by atoms with Crippen molar-refractivity contribution in [2.75, 3.05) is 19.6 Å². The van der Waals surface area contributed by atoms with Gasteiger partial charge in [0.05, 0.1) is 0 Å². The van der Waals surface area contributed by atoms with E-state index >= 15 is 0 Å². The molecule has 0 radical (unpaired) electrons. The van der Waals surface area contributed by atoms with Crippen molar-refractivity contribution in [3.63, 3.8) is 0 Å². The lowest BCUT2D eigenvalue weighted by Crippen LogP contribution is -2.40. The van der Waals surface area contributed by atoms with Crippen LogP contribution in [0.2, 0.25) is 0 Å². The first kappa shape index (κ1) is 15.8. The maximum Gasteiger partial charge on any atom is 0.363 e. The van der Waals surface area contributed by atoms with Crippen LogP contribution in [0.1, 0.15) is 19.8 Å². The van der Waals surface area contributed by atoms with E-state index in [1.165, 1.54) is 10.4 Å². The number of pyridine rings is 1. The molecule has 1 aromatic heterocycles. The van der Waals surface area contributed by atoms with Gasteiger partial charge in [0.15, 0.2) is 6.20 Å². The van der Waals surface area contributed by atoms with Crippen LogP contribution in [-0.4, -0.2) is 48.3 Å². The maximum atomic E-state index is 12.5. The van der Waals surface area contributed by atoms with E-state index in [4.69, 9.17) is 0 Å². The molecule has 0 bridgehead atoms. The van der Waals surface area contributed by atoms with Crippen molar-refractivity contribution in [3.05, 3.63) is 28.4 Å². The minimum absolute atomic E-state index is 0.0204. The summed E-state index contributed by atoms with van der Waals surface area (Å²) >= 11 is 0. The van der Waals surface area contributed by atoms with Crippen LogP contribution < -0.4 is 5.32 Å². The van der Waals surface area contributed by atoms with Crippen LogP contribution in [0, 0.1) is 10.1 Å². The predicted octanol–water partition coefficient (Wildman–Crippen LogP) is 0.752. The van der Waals surface area contributed by atoms with Gasteiger partial charge in [-0.2, -0.15) is 4.31 Å². The van der Waals surface area contributed by atoms with Gasteiger partial charge in [-0.1, -0.05) is 6.92 Å². The first-order valence-corrected chi connectivity index (χ1v) is 8.23. The van der Waals surface area contributed by atoms with Crippen molar-refractivity contribution in [3.8, 4) is 0 Å². The Bertz CT molecular complexity index is 596. The van der Waals surface area contributed by atoms with Crippen molar-refractivity contribution in [2.24, 2.45) is 0 Å². The summed E-state index contributed by atoms with van der Waals surface area (Å²) in [7, 11) is -3.67. The summed E-state index contributed by atoms with van der Waals surface area (Å²) in [6.45, 7) is 3.42. The van der Waals surface area contributed by atoms with Gasteiger partial charge in [0.25, 0.3) is 0 Å². The number of nitro groups is 1. The van der Waals surface area contributed by atoms with E-state index in [0.717, 1.165) is 31.6 Å². The van der Waals surface area contributed by atoms with Gasteiger partial charge >= 0.3 is 5.82 Å². The molecule has 0 saturated carbocycles. The van der Waals surface area contributed by atoms with Crippen molar-refractivity contribution in [1.29, 1.82) is 0 Å². The van der Waals surface area contributed by atoms with Gasteiger partial charge in [-0.15, -0.1) is 0 Å². The SMILES string of the molecule is CCN(CC1CCCN1)S(=O)(=O)c1ccc([N+](=O)[O-])nc1. The number of nitrogens with one attached hydrogen (secondary N) is 1. The summed E-state index contributed by atoms with van der Waals surface area (Å²) in [5.74, 6) is -0.366. The van der Waals surface area contributed by atoms with Crippen molar-refractivity contribution >= 4 is 15.8 Å². The average molecular weight is 314 g/mol. The van der Waals surface area contributed by atoms with Gasteiger partial charge in [-0.25, -0.2) is 8.42 Å². The fourth-order valence-electron chi connectivity index (χ4n) is 2.34. The number of likely N-dealkylation sites (N-methyl/N-ethyl adjacent to an activating group) is 1. The Morgan fingerprint density at radius 1 is 1.52 bits per heavy atom. The molecule has 1 N–H and O–H groups in total. The predicted molar refractivity (Wildman–Crippen MR) is 76.3 cm³/mol. The van der Waals surface area contributed by atoms with Gasteiger partial charge in [-0.3, -0.25) is 0 Å². The van der Waals surface area contributed by atoms with E-state index in [-0.39, 0.29) is 16.8 Å². The van der Waals surface area contributed by atoms with Crippen molar-refractivity contribution in [2.45, 2.75) is 30.7 Å². The fraction of sp³-hybridized carbons (Fsp3) is 0.583.